The molecule has 0 saturated heterocycles. The zero-order valence-corrected chi connectivity index (χ0v) is 13.5. The molecule has 0 fully saturated rings. The maximum absolute atomic E-state index is 11.5. The maximum atomic E-state index is 11.5. The Hall–Kier alpha value is -0.396. The van der Waals surface area contributed by atoms with E-state index >= 15 is 0 Å². The van der Waals surface area contributed by atoms with Crippen molar-refractivity contribution in [2.45, 2.75) is 45.8 Å². The molecule has 3 nitrogen and oxygen atoms in total. The third kappa shape index (κ3) is 8.34. The van der Waals surface area contributed by atoms with Crippen molar-refractivity contribution >= 4 is 24.0 Å². The van der Waals surface area contributed by atoms with E-state index in [0.29, 0.717) is 9.76 Å². The monoisotopic (exact) mass is 271 g/mol. The second kappa shape index (κ2) is 8.66. The van der Waals surface area contributed by atoms with Crippen LogP contribution in [-0.4, -0.2) is 30.5 Å². The first-order chi connectivity index (χ1) is 7.93. The lowest BCUT2D eigenvalue weighted by Gasteiger charge is -2.17. The summed E-state index contributed by atoms with van der Waals surface area (Å²) in [6, 6.07) is 1.02. The molecule has 1 amide bonds. The summed E-state index contributed by atoms with van der Waals surface area (Å²) in [7, 11) is -1.07. The molecule has 0 aromatic rings. The summed E-state index contributed by atoms with van der Waals surface area (Å²) in [6.07, 6.45) is 1.89. The van der Waals surface area contributed by atoms with Gasteiger partial charge in [-0.1, -0.05) is 19.5 Å². The Morgan fingerprint density at radius 1 is 1.59 bits per heavy atom. The van der Waals surface area contributed by atoms with E-state index < -0.39 is 8.32 Å². The second-order valence-electron chi connectivity index (χ2n) is 4.76. The molecule has 0 aliphatic heterocycles. The molecule has 0 aliphatic rings. The van der Waals surface area contributed by atoms with Crippen molar-refractivity contribution in [2.24, 2.45) is 5.92 Å². The molecule has 0 bridgehead atoms. The highest BCUT2D eigenvalue weighted by Crippen LogP contribution is 2.05. The Labute approximate surface area is 109 Å². The highest BCUT2D eigenvalue weighted by Gasteiger charge is 2.16. The molecule has 0 spiro atoms. The van der Waals surface area contributed by atoms with Gasteiger partial charge in [0.05, 0.1) is 0 Å². The van der Waals surface area contributed by atoms with E-state index in [1.54, 1.807) is 0 Å². The van der Waals surface area contributed by atoms with E-state index in [4.69, 9.17) is 4.12 Å². The molecule has 0 aliphatic carbocycles. The fraction of sp³-hybridized carbons (Fsp3) is 0.750. The van der Waals surface area contributed by atoms with Crippen molar-refractivity contribution in [1.29, 1.82) is 0 Å². The number of rotatable bonds is 9. The van der Waals surface area contributed by atoms with Crippen molar-refractivity contribution in [2.75, 3.05) is 6.54 Å². The van der Waals surface area contributed by atoms with Crippen LogP contribution in [0.4, 0.5) is 0 Å². The molecule has 5 heteroatoms. The first kappa shape index (κ1) is 16.6. The largest absolute Gasteiger partial charge is 0.453 e. The number of amides is 1. The predicted octanol–water partition coefficient (Wildman–Crippen LogP) is 2.52. The number of nitrogens with one attached hydrogen (secondary N) is 1. The summed E-state index contributed by atoms with van der Waals surface area (Å²) in [4.78, 5) is 11.5. The predicted molar refractivity (Wildman–Crippen MR) is 76.4 cm³/mol. The molecule has 0 heterocycles. The van der Waals surface area contributed by atoms with Crippen LogP contribution in [0.25, 0.3) is 0 Å². The van der Waals surface area contributed by atoms with Crippen molar-refractivity contribution < 1.29 is 8.91 Å². The summed E-state index contributed by atoms with van der Waals surface area (Å²) in [6.45, 7) is 12.8. The average molecular weight is 272 g/mol. The van der Waals surface area contributed by atoms with Crippen molar-refractivity contribution in [3.8, 4) is 0 Å². The van der Waals surface area contributed by atoms with Gasteiger partial charge in [0.1, 0.15) is 0 Å². The minimum absolute atomic E-state index is 0.126. The molecule has 0 saturated carbocycles. The SMILES string of the molecule is C=C[Si](C)(C)O[Si]CCCNC(=O)C(C)CC. The van der Waals surface area contributed by atoms with Crippen LogP contribution >= 0.6 is 0 Å². The number of hydrogen-bond acceptors (Lipinski definition) is 2. The first-order valence-electron chi connectivity index (χ1n) is 6.25. The van der Waals surface area contributed by atoms with Gasteiger partial charge in [-0.2, -0.15) is 0 Å². The summed E-state index contributed by atoms with van der Waals surface area (Å²) >= 11 is 0. The van der Waals surface area contributed by atoms with Crippen LogP contribution in [0.5, 0.6) is 0 Å². The Balaban J connectivity index is 3.47. The molecular weight excluding hydrogens is 246 g/mol. The van der Waals surface area contributed by atoms with Gasteiger partial charge < -0.3 is 9.43 Å². The summed E-state index contributed by atoms with van der Waals surface area (Å²) in [5.41, 5.74) is 1.95. The maximum Gasteiger partial charge on any atom is 0.222 e. The lowest BCUT2D eigenvalue weighted by molar-refractivity contribution is -0.124. The second-order valence-corrected chi connectivity index (χ2v) is 9.98. The van der Waals surface area contributed by atoms with Crippen LogP contribution in [0.2, 0.25) is 19.1 Å². The van der Waals surface area contributed by atoms with E-state index in [9.17, 15) is 4.79 Å². The van der Waals surface area contributed by atoms with Gasteiger partial charge in [-0.15, -0.1) is 6.58 Å². The van der Waals surface area contributed by atoms with E-state index in [2.05, 4.69) is 25.0 Å². The van der Waals surface area contributed by atoms with Crippen LogP contribution in [0, 0.1) is 5.92 Å². The molecule has 1 unspecified atom stereocenters. The smallest absolute Gasteiger partial charge is 0.222 e. The molecule has 0 aromatic carbocycles. The summed E-state index contributed by atoms with van der Waals surface area (Å²) in [5, 5.41) is 2.95. The third-order valence-corrected chi connectivity index (χ3v) is 6.86. The molecule has 1 N–H and O–H groups in total. The van der Waals surface area contributed by atoms with E-state index in [1.807, 2.05) is 19.5 Å². The highest BCUT2D eigenvalue weighted by molar-refractivity contribution is 6.79. The van der Waals surface area contributed by atoms with Crippen molar-refractivity contribution in [1.82, 2.24) is 5.32 Å². The number of carbonyl (C=O) groups excluding carboxylic acids is 1. The van der Waals surface area contributed by atoms with Crippen LogP contribution in [-0.2, 0) is 8.91 Å². The van der Waals surface area contributed by atoms with Gasteiger partial charge in [-0.25, -0.2) is 0 Å². The highest BCUT2D eigenvalue weighted by atomic mass is 28.4. The van der Waals surface area contributed by atoms with Gasteiger partial charge in [0.15, 0.2) is 8.32 Å². The van der Waals surface area contributed by atoms with Gasteiger partial charge >= 0.3 is 0 Å². The van der Waals surface area contributed by atoms with Crippen LogP contribution in [0.3, 0.4) is 0 Å². The minimum Gasteiger partial charge on any atom is -0.453 e. The van der Waals surface area contributed by atoms with Gasteiger partial charge in [-0.3, -0.25) is 4.79 Å². The average Bonchev–Trinajstić information content (AvgIpc) is 2.32. The lowest BCUT2D eigenvalue weighted by atomic mass is 10.1. The zero-order chi connectivity index (χ0) is 13.3. The molecule has 0 rings (SSSR count). The third-order valence-electron chi connectivity index (χ3n) is 2.64. The standard InChI is InChI=1S/C12H25NO2Si2/c1-6-11(3)12(14)13-9-8-10-16-15-17(4,5)7-2/h7,11H,2,6,8-10H2,1,3-5H3,(H,13,14). The fourth-order valence-corrected chi connectivity index (χ4v) is 3.56. The Morgan fingerprint density at radius 3 is 2.76 bits per heavy atom. The summed E-state index contributed by atoms with van der Waals surface area (Å²) in [5.74, 6) is 0.290. The number of carbonyl (C=O) groups is 1. The topological polar surface area (TPSA) is 38.3 Å². The van der Waals surface area contributed by atoms with E-state index in [0.717, 1.165) is 25.4 Å². The van der Waals surface area contributed by atoms with E-state index in [-0.39, 0.29) is 11.8 Å². The lowest BCUT2D eigenvalue weighted by Crippen LogP contribution is -2.31. The Kier molecular flexibility index (Phi) is 8.46. The molecule has 98 valence electrons. The number of hydrogen-bond donors (Lipinski definition) is 1. The molecule has 0 aromatic heterocycles. The summed E-state index contributed by atoms with van der Waals surface area (Å²) < 4.78 is 5.79. The quantitative estimate of drug-likeness (QED) is 0.517. The Morgan fingerprint density at radius 2 is 2.24 bits per heavy atom. The fourth-order valence-electron chi connectivity index (χ4n) is 1.01. The van der Waals surface area contributed by atoms with Crippen LogP contribution < -0.4 is 5.32 Å². The van der Waals surface area contributed by atoms with Crippen molar-refractivity contribution in [3.05, 3.63) is 12.3 Å². The zero-order valence-electron chi connectivity index (χ0n) is 11.5. The first-order valence-corrected chi connectivity index (χ1v) is 10.3. The van der Waals surface area contributed by atoms with Gasteiger partial charge in [-0.05, 0) is 32.0 Å². The molecule has 1 atom stereocenters. The van der Waals surface area contributed by atoms with Gasteiger partial charge in [0.2, 0.25) is 15.7 Å². The van der Waals surface area contributed by atoms with Gasteiger partial charge in [0, 0.05) is 12.5 Å². The van der Waals surface area contributed by atoms with Gasteiger partial charge in [0.25, 0.3) is 0 Å². The van der Waals surface area contributed by atoms with E-state index in [1.165, 1.54) is 0 Å². The Bertz CT molecular complexity index is 245. The minimum atomic E-state index is -1.59. The van der Waals surface area contributed by atoms with Crippen molar-refractivity contribution in [3.63, 3.8) is 0 Å². The van der Waals surface area contributed by atoms with Crippen LogP contribution in [0.1, 0.15) is 26.7 Å². The van der Waals surface area contributed by atoms with Crippen LogP contribution in [0.15, 0.2) is 12.3 Å². The molecule has 2 radical (unpaired) electrons. The normalized spacial score (nSPS) is 13.2. The molecular formula is C12H25NO2Si2. The molecule has 17 heavy (non-hydrogen) atoms.